The molecule has 0 bridgehead atoms. The number of nitrogens with one attached hydrogen (secondary N) is 1. The number of anilines is 1. The van der Waals surface area contributed by atoms with Crippen LogP contribution in [0.15, 0.2) is 18.2 Å². The second-order valence-electron chi connectivity index (χ2n) is 4.92. The van der Waals surface area contributed by atoms with Crippen molar-refractivity contribution in [1.82, 2.24) is 0 Å². The molecule has 0 amide bonds. The van der Waals surface area contributed by atoms with Crippen LogP contribution in [0.25, 0.3) is 0 Å². The van der Waals surface area contributed by atoms with Crippen LogP contribution in [0.2, 0.25) is 0 Å². The third-order valence-corrected chi connectivity index (χ3v) is 2.79. The van der Waals surface area contributed by atoms with E-state index in [9.17, 15) is 0 Å². The van der Waals surface area contributed by atoms with Crippen molar-refractivity contribution < 1.29 is 5.11 Å². The van der Waals surface area contributed by atoms with Gasteiger partial charge in [0.2, 0.25) is 0 Å². The van der Waals surface area contributed by atoms with E-state index < -0.39 is 0 Å². The van der Waals surface area contributed by atoms with Gasteiger partial charge in [-0.3, -0.25) is 0 Å². The van der Waals surface area contributed by atoms with E-state index in [2.05, 4.69) is 37.4 Å². The number of aryl methyl sites for hydroxylation is 1. The van der Waals surface area contributed by atoms with Gasteiger partial charge in [-0.25, -0.2) is 0 Å². The van der Waals surface area contributed by atoms with Crippen LogP contribution in [0, 0.1) is 19.3 Å². The minimum atomic E-state index is -0.0732. The molecule has 2 nitrogen and oxygen atoms in total. The molecule has 15 heavy (non-hydrogen) atoms. The van der Waals surface area contributed by atoms with Crippen LogP contribution in [-0.4, -0.2) is 18.3 Å². The Morgan fingerprint density at radius 3 is 2.53 bits per heavy atom. The molecule has 84 valence electrons. The van der Waals surface area contributed by atoms with Crippen molar-refractivity contribution >= 4 is 5.69 Å². The minimum absolute atomic E-state index is 0.0732. The molecule has 0 aliphatic heterocycles. The van der Waals surface area contributed by atoms with Crippen LogP contribution >= 0.6 is 0 Å². The second-order valence-corrected chi connectivity index (χ2v) is 4.92. The van der Waals surface area contributed by atoms with Crippen LogP contribution in [0.4, 0.5) is 5.69 Å². The van der Waals surface area contributed by atoms with Gasteiger partial charge in [0, 0.05) is 24.3 Å². The first-order chi connectivity index (χ1) is 6.96. The first kappa shape index (κ1) is 12.1. The molecule has 2 heteroatoms. The molecule has 0 saturated carbocycles. The Labute approximate surface area is 92.3 Å². The molecular formula is C13H21NO. The van der Waals surface area contributed by atoms with E-state index in [1.165, 1.54) is 11.1 Å². The molecule has 0 aromatic heterocycles. The molecule has 1 aromatic carbocycles. The van der Waals surface area contributed by atoms with Gasteiger partial charge in [-0.05, 0) is 31.0 Å². The fourth-order valence-electron chi connectivity index (χ4n) is 1.33. The van der Waals surface area contributed by atoms with Gasteiger partial charge in [0.05, 0.1) is 0 Å². The first-order valence-corrected chi connectivity index (χ1v) is 5.37. The van der Waals surface area contributed by atoms with Crippen molar-refractivity contribution in [3.63, 3.8) is 0 Å². The molecule has 0 unspecified atom stereocenters. The molecule has 0 atom stereocenters. The summed E-state index contributed by atoms with van der Waals surface area (Å²) in [5.41, 5.74) is 3.67. The highest BCUT2D eigenvalue weighted by Gasteiger charge is 2.16. The standard InChI is InChI=1S/C13H21NO/c1-10-6-5-7-12(11(10)2)14-8-13(3,4)9-15/h5-7,14-15H,8-9H2,1-4H3. The van der Waals surface area contributed by atoms with E-state index in [0.29, 0.717) is 0 Å². The van der Waals surface area contributed by atoms with Gasteiger partial charge >= 0.3 is 0 Å². The largest absolute Gasteiger partial charge is 0.396 e. The highest BCUT2D eigenvalue weighted by Crippen LogP contribution is 2.20. The average Bonchev–Trinajstić information content (AvgIpc) is 2.20. The zero-order valence-electron chi connectivity index (χ0n) is 10.1. The molecule has 0 aliphatic carbocycles. The number of hydrogen-bond donors (Lipinski definition) is 2. The summed E-state index contributed by atoms with van der Waals surface area (Å²) < 4.78 is 0. The summed E-state index contributed by atoms with van der Waals surface area (Å²) in [5, 5.41) is 12.5. The lowest BCUT2D eigenvalue weighted by Crippen LogP contribution is -2.27. The van der Waals surface area contributed by atoms with Gasteiger partial charge < -0.3 is 10.4 Å². The van der Waals surface area contributed by atoms with Gasteiger partial charge in [0.1, 0.15) is 0 Å². The van der Waals surface area contributed by atoms with Crippen LogP contribution < -0.4 is 5.32 Å². The van der Waals surface area contributed by atoms with Crippen molar-refractivity contribution in [2.45, 2.75) is 27.7 Å². The zero-order chi connectivity index (χ0) is 11.5. The van der Waals surface area contributed by atoms with Crippen LogP contribution in [0.1, 0.15) is 25.0 Å². The lowest BCUT2D eigenvalue weighted by atomic mass is 9.94. The maximum atomic E-state index is 9.16. The summed E-state index contributed by atoms with van der Waals surface area (Å²) in [7, 11) is 0. The Morgan fingerprint density at radius 1 is 1.27 bits per heavy atom. The highest BCUT2D eigenvalue weighted by molar-refractivity contribution is 5.53. The summed E-state index contributed by atoms with van der Waals surface area (Å²) in [4.78, 5) is 0. The van der Waals surface area contributed by atoms with E-state index in [4.69, 9.17) is 5.11 Å². The van der Waals surface area contributed by atoms with Gasteiger partial charge in [0.25, 0.3) is 0 Å². The maximum absolute atomic E-state index is 9.16. The number of aliphatic hydroxyl groups excluding tert-OH is 1. The molecule has 1 aromatic rings. The summed E-state index contributed by atoms with van der Waals surface area (Å²) in [5.74, 6) is 0. The Bertz CT molecular complexity index is 331. The van der Waals surface area contributed by atoms with Crippen molar-refractivity contribution in [3.05, 3.63) is 29.3 Å². The molecule has 0 heterocycles. The normalized spacial score (nSPS) is 11.5. The van der Waals surface area contributed by atoms with Crippen LogP contribution in [0.5, 0.6) is 0 Å². The Balaban J connectivity index is 2.70. The van der Waals surface area contributed by atoms with Crippen molar-refractivity contribution in [1.29, 1.82) is 0 Å². The zero-order valence-corrected chi connectivity index (χ0v) is 10.1. The van der Waals surface area contributed by atoms with Gasteiger partial charge in [-0.15, -0.1) is 0 Å². The fraction of sp³-hybridized carbons (Fsp3) is 0.538. The SMILES string of the molecule is Cc1cccc(NCC(C)(C)CO)c1C. The summed E-state index contributed by atoms with van der Waals surface area (Å²) in [6, 6.07) is 6.24. The lowest BCUT2D eigenvalue weighted by molar-refractivity contribution is 0.171. The van der Waals surface area contributed by atoms with E-state index in [1.54, 1.807) is 0 Å². The molecule has 1 rings (SSSR count). The van der Waals surface area contributed by atoms with E-state index in [-0.39, 0.29) is 12.0 Å². The summed E-state index contributed by atoms with van der Waals surface area (Å²) >= 11 is 0. The monoisotopic (exact) mass is 207 g/mol. The first-order valence-electron chi connectivity index (χ1n) is 5.37. The number of aliphatic hydroxyl groups is 1. The van der Waals surface area contributed by atoms with Gasteiger partial charge in [0.15, 0.2) is 0 Å². The molecule has 0 saturated heterocycles. The quantitative estimate of drug-likeness (QED) is 0.795. The van der Waals surface area contributed by atoms with E-state index in [1.807, 2.05) is 13.8 Å². The predicted molar refractivity (Wildman–Crippen MR) is 65.3 cm³/mol. The van der Waals surface area contributed by atoms with E-state index in [0.717, 1.165) is 12.2 Å². The summed E-state index contributed by atoms with van der Waals surface area (Å²) in [6.07, 6.45) is 0. The van der Waals surface area contributed by atoms with Crippen LogP contribution in [0.3, 0.4) is 0 Å². The third kappa shape index (κ3) is 3.24. The van der Waals surface area contributed by atoms with Crippen molar-refractivity contribution in [3.8, 4) is 0 Å². The highest BCUT2D eigenvalue weighted by atomic mass is 16.3. The molecule has 2 N–H and O–H groups in total. The average molecular weight is 207 g/mol. The second kappa shape index (κ2) is 4.67. The molecule has 0 spiro atoms. The predicted octanol–water partition coefficient (Wildman–Crippen LogP) is 2.73. The third-order valence-electron chi connectivity index (χ3n) is 2.79. The topological polar surface area (TPSA) is 32.3 Å². The Kier molecular flexibility index (Phi) is 3.75. The number of rotatable bonds is 4. The minimum Gasteiger partial charge on any atom is -0.396 e. The Morgan fingerprint density at radius 2 is 1.93 bits per heavy atom. The number of benzene rings is 1. The summed E-state index contributed by atoms with van der Waals surface area (Å²) in [6.45, 7) is 9.30. The van der Waals surface area contributed by atoms with Gasteiger partial charge in [-0.2, -0.15) is 0 Å². The Hall–Kier alpha value is -1.02. The van der Waals surface area contributed by atoms with Crippen molar-refractivity contribution in [2.24, 2.45) is 5.41 Å². The van der Waals surface area contributed by atoms with Crippen molar-refractivity contribution in [2.75, 3.05) is 18.5 Å². The lowest BCUT2D eigenvalue weighted by Gasteiger charge is -2.23. The molecule has 0 fully saturated rings. The van der Waals surface area contributed by atoms with E-state index >= 15 is 0 Å². The maximum Gasteiger partial charge on any atom is 0.0498 e. The fourth-order valence-corrected chi connectivity index (χ4v) is 1.33. The molecular weight excluding hydrogens is 186 g/mol. The molecule has 0 radical (unpaired) electrons. The number of hydrogen-bond acceptors (Lipinski definition) is 2. The smallest absolute Gasteiger partial charge is 0.0498 e. The van der Waals surface area contributed by atoms with Gasteiger partial charge in [-0.1, -0.05) is 26.0 Å². The van der Waals surface area contributed by atoms with Crippen LogP contribution in [-0.2, 0) is 0 Å². The molecule has 0 aliphatic rings.